The molecular formula is C11H20N2O4S. The van der Waals surface area contributed by atoms with Gasteiger partial charge in [-0.15, -0.1) is 0 Å². The van der Waals surface area contributed by atoms with E-state index in [1.165, 1.54) is 4.31 Å². The van der Waals surface area contributed by atoms with Gasteiger partial charge in [-0.1, -0.05) is 0 Å². The molecule has 1 atom stereocenters. The van der Waals surface area contributed by atoms with Crippen LogP contribution in [0, 0.1) is 5.92 Å². The molecule has 1 heterocycles. The van der Waals surface area contributed by atoms with Crippen LogP contribution in [0.25, 0.3) is 0 Å². The predicted molar refractivity (Wildman–Crippen MR) is 66.5 cm³/mol. The lowest BCUT2D eigenvalue weighted by Crippen LogP contribution is -2.46. The van der Waals surface area contributed by atoms with Gasteiger partial charge in [-0.05, 0) is 19.8 Å². The van der Waals surface area contributed by atoms with Crippen LogP contribution in [0.3, 0.4) is 0 Å². The molecule has 18 heavy (non-hydrogen) atoms. The maximum atomic E-state index is 12.0. The van der Waals surface area contributed by atoms with Crippen LogP contribution in [0.4, 0.5) is 0 Å². The van der Waals surface area contributed by atoms with Gasteiger partial charge in [0.1, 0.15) is 0 Å². The molecule has 1 aliphatic heterocycles. The van der Waals surface area contributed by atoms with E-state index < -0.39 is 10.0 Å². The Kier molecular flexibility index (Phi) is 4.24. The average Bonchev–Trinajstić information content (AvgIpc) is 3.12. The van der Waals surface area contributed by atoms with Crippen LogP contribution in [-0.4, -0.2) is 56.7 Å². The molecule has 0 aromatic rings. The molecule has 1 N–H and O–H groups in total. The fourth-order valence-corrected chi connectivity index (χ4v) is 3.37. The Morgan fingerprint density at radius 3 is 2.78 bits per heavy atom. The van der Waals surface area contributed by atoms with Crippen molar-refractivity contribution in [2.75, 3.05) is 32.0 Å². The molecule has 1 saturated carbocycles. The second kappa shape index (κ2) is 5.54. The molecule has 2 rings (SSSR count). The molecule has 1 amide bonds. The van der Waals surface area contributed by atoms with Crippen molar-refractivity contribution in [1.29, 1.82) is 0 Å². The first kappa shape index (κ1) is 13.8. The fourth-order valence-electron chi connectivity index (χ4n) is 1.96. The molecule has 2 aliphatic rings. The summed E-state index contributed by atoms with van der Waals surface area (Å²) >= 11 is 0. The predicted octanol–water partition coefficient (Wildman–Crippen LogP) is -0.437. The summed E-state index contributed by atoms with van der Waals surface area (Å²) in [5.74, 6) is 0.0784. The lowest BCUT2D eigenvalue weighted by molar-refractivity contribution is -0.122. The van der Waals surface area contributed by atoms with Crippen molar-refractivity contribution in [3.05, 3.63) is 0 Å². The van der Waals surface area contributed by atoms with Crippen molar-refractivity contribution < 1.29 is 17.9 Å². The number of carbonyl (C=O) groups excluding carboxylic acids is 1. The van der Waals surface area contributed by atoms with Crippen LogP contribution in [0.2, 0.25) is 0 Å². The lowest BCUT2D eigenvalue weighted by atomic mass is 10.3. The minimum Gasteiger partial charge on any atom is -0.376 e. The van der Waals surface area contributed by atoms with Gasteiger partial charge in [0.05, 0.1) is 18.5 Å². The van der Waals surface area contributed by atoms with Gasteiger partial charge in [0, 0.05) is 25.6 Å². The molecule has 1 aliphatic carbocycles. The Morgan fingerprint density at radius 1 is 1.44 bits per heavy atom. The highest BCUT2D eigenvalue weighted by atomic mass is 32.2. The lowest BCUT2D eigenvalue weighted by Gasteiger charge is -2.30. The van der Waals surface area contributed by atoms with Gasteiger partial charge in [-0.3, -0.25) is 4.79 Å². The Bertz CT molecular complexity index is 405. The Labute approximate surface area is 108 Å². The molecule has 104 valence electrons. The summed E-state index contributed by atoms with van der Waals surface area (Å²) in [7, 11) is -3.28. The van der Waals surface area contributed by atoms with Crippen LogP contribution in [0.15, 0.2) is 0 Å². The van der Waals surface area contributed by atoms with Crippen LogP contribution in [0.1, 0.15) is 19.8 Å². The number of amides is 1. The smallest absolute Gasteiger partial charge is 0.223 e. The Morgan fingerprint density at radius 2 is 2.17 bits per heavy atom. The van der Waals surface area contributed by atoms with E-state index >= 15 is 0 Å². The Balaban J connectivity index is 1.77. The maximum absolute atomic E-state index is 12.0. The van der Waals surface area contributed by atoms with E-state index in [0.29, 0.717) is 19.7 Å². The number of rotatable bonds is 5. The van der Waals surface area contributed by atoms with Crippen molar-refractivity contribution in [3.8, 4) is 0 Å². The zero-order valence-corrected chi connectivity index (χ0v) is 11.4. The van der Waals surface area contributed by atoms with Gasteiger partial charge in [-0.25, -0.2) is 8.42 Å². The van der Waals surface area contributed by atoms with Crippen molar-refractivity contribution in [1.82, 2.24) is 9.62 Å². The molecule has 0 spiro atoms. The van der Waals surface area contributed by atoms with Crippen LogP contribution in [-0.2, 0) is 19.6 Å². The molecule has 1 unspecified atom stereocenters. The van der Waals surface area contributed by atoms with Gasteiger partial charge in [0.25, 0.3) is 0 Å². The number of hydrogen-bond acceptors (Lipinski definition) is 4. The van der Waals surface area contributed by atoms with Gasteiger partial charge >= 0.3 is 0 Å². The zero-order valence-electron chi connectivity index (χ0n) is 10.6. The first-order valence-electron chi connectivity index (χ1n) is 6.36. The van der Waals surface area contributed by atoms with E-state index in [0.717, 1.165) is 12.8 Å². The minimum atomic E-state index is -3.28. The van der Waals surface area contributed by atoms with Crippen molar-refractivity contribution >= 4 is 15.9 Å². The SMILES string of the molecule is CC1CN(S(=O)(=O)CCNC(=O)C2CC2)CCO1. The summed E-state index contributed by atoms with van der Waals surface area (Å²) in [6.45, 7) is 3.30. The standard InChI is InChI=1S/C11H20N2O4S/c1-9-8-13(5-6-17-9)18(15,16)7-4-12-11(14)10-2-3-10/h9-10H,2-8H2,1H3,(H,12,14). The third-order valence-electron chi connectivity index (χ3n) is 3.20. The van der Waals surface area contributed by atoms with E-state index in [2.05, 4.69) is 5.32 Å². The second-order valence-electron chi connectivity index (χ2n) is 4.92. The number of ether oxygens (including phenoxy) is 1. The number of nitrogens with one attached hydrogen (secondary N) is 1. The first-order chi connectivity index (χ1) is 8.49. The van der Waals surface area contributed by atoms with E-state index in [1.807, 2.05) is 6.92 Å². The number of morpholine rings is 1. The number of hydrogen-bond donors (Lipinski definition) is 1. The summed E-state index contributed by atoms with van der Waals surface area (Å²) < 4.78 is 30.8. The largest absolute Gasteiger partial charge is 0.376 e. The monoisotopic (exact) mass is 276 g/mol. The molecule has 0 bridgehead atoms. The van der Waals surface area contributed by atoms with Crippen LogP contribution in [0.5, 0.6) is 0 Å². The third-order valence-corrected chi connectivity index (χ3v) is 5.04. The minimum absolute atomic E-state index is 0.0134. The highest BCUT2D eigenvalue weighted by molar-refractivity contribution is 7.89. The van der Waals surface area contributed by atoms with E-state index in [4.69, 9.17) is 4.74 Å². The molecule has 0 radical (unpaired) electrons. The van der Waals surface area contributed by atoms with Gasteiger partial charge in [0.2, 0.25) is 15.9 Å². The summed E-state index contributed by atoms with van der Waals surface area (Å²) in [6, 6.07) is 0. The summed E-state index contributed by atoms with van der Waals surface area (Å²) in [5.41, 5.74) is 0. The van der Waals surface area contributed by atoms with Crippen molar-refractivity contribution in [2.24, 2.45) is 5.92 Å². The number of nitrogens with zero attached hydrogens (tertiary/aromatic N) is 1. The summed E-state index contributed by atoms with van der Waals surface area (Å²) in [5, 5.41) is 2.67. The fraction of sp³-hybridized carbons (Fsp3) is 0.909. The number of carbonyl (C=O) groups is 1. The van der Waals surface area contributed by atoms with Gasteiger partial charge in [0.15, 0.2) is 0 Å². The molecule has 1 saturated heterocycles. The van der Waals surface area contributed by atoms with Crippen molar-refractivity contribution in [2.45, 2.75) is 25.9 Å². The molecule has 0 aromatic carbocycles. The molecule has 6 nitrogen and oxygen atoms in total. The summed E-state index contributed by atoms with van der Waals surface area (Å²) in [4.78, 5) is 11.4. The molecule has 2 fully saturated rings. The van der Waals surface area contributed by atoms with E-state index in [1.54, 1.807) is 0 Å². The highest BCUT2D eigenvalue weighted by Crippen LogP contribution is 2.28. The molecule has 7 heteroatoms. The van der Waals surface area contributed by atoms with Crippen LogP contribution >= 0.6 is 0 Å². The molecule has 0 aromatic heterocycles. The zero-order chi connectivity index (χ0) is 13.2. The summed E-state index contributed by atoms with van der Waals surface area (Å²) in [6.07, 6.45) is 1.80. The van der Waals surface area contributed by atoms with Gasteiger partial charge < -0.3 is 10.1 Å². The first-order valence-corrected chi connectivity index (χ1v) is 7.97. The van der Waals surface area contributed by atoms with Gasteiger partial charge in [-0.2, -0.15) is 4.31 Å². The maximum Gasteiger partial charge on any atom is 0.223 e. The molecular weight excluding hydrogens is 256 g/mol. The topological polar surface area (TPSA) is 75.7 Å². The quantitative estimate of drug-likeness (QED) is 0.739. The second-order valence-corrected chi connectivity index (χ2v) is 7.01. The van der Waals surface area contributed by atoms with Crippen LogP contribution < -0.4 is 5.32 Å². The average molecular weight is 276 g/mol. The Hall–Kier alpha value is -0.660. The van der Waals surface area contributed by atoms with E-state index in [-0.39, 0.29) is 30.2 Å². The normalized spacial score (nSPS) is 25.9. The third kappa shape index (κ3) is 3.66. The van der Waals surface area contributed by atoms with Crippen molar-refractivity contribution in [3.63, 3.8) is 0 Å². The van der Waals surface area contributed by atoms with E-state index in [9.17, 15) is 13.2 Å². The number of sulfonamides is 1. The highest BCUT2D eigenvalue weighted by Gasteiger charge is 2.30.